The van der Waals surface area contributed by atoms with E-state index in [0.29, 0.717) is 37.9 Å². The van der Waals surface area contributed by atoms with E-state index in [-0.39, 0.29) is 41.8 Å². The summed E-state index contributed by atoms with van der Waals surface area (Å²) in [6, 6.07) is 22.0. The fraction of sp³-hybridized carbons (Fsp3) is 0.444. The van der Waals surface area contributed by atoms with Gasteiger partial charge in [-0.3, -0.25) is 24.6 Å². The maximum atomic E-state index is 12.6. The molecule has 0 radical (unpaired) electrons. The van der Waals surface area contributed by atoms with Crippen LogP contribution in [0.5, 0.6) is 0 Å². The van der Waals surface area contributed by atoms with E-state index in [2.05, 4.69) is 15.1 Å². The van der Waals surface area contributed by atoms with Gasteiger partial charge in [0.25, 0.3) is 5.69 Å². The smallest absolute Gasteiger partial charge is 0.303 e. The summed E-state index contributed by atoms with van der Waals surface area (Å²) >= 11 is 0. The van der Waals surface area contributed by atoms with E-state index in [4.69, 9.17) is 14.6 Å². The number of anilines is 2. The third-order valence-electron chi connectivity index (χ3n) is 8.86. The van der Waals surface area contributed by atoms with Crippen molar-refractivity contribution in [2.45, 2.75) is 70.1 Å². The summed E-state index contributed by atoms with van der Waals surface area (Å²) in [7, 11) is 0. The number of aliphatic hydroxyl groups excluding tert-OH is 1. The molecule has 5 rings (SSSR count). The number of hydrogen-bond acceptors (Lipinski definition) is 9. The van der Waals surface area contributed by atoms with Gasteiger partial charge in [-0.05, 0) is 48.2 Å². The number of aliphatic hydroxyl groups is 1. The molecule has 12 heteroatoms. The number of carbonyl (C=O) groups excluding carboxylic acids is 1. The number of nitro benzene ring substituents is 1. The van der Waals surface area contributed by atoms with Gasteiger partial charge in [0, 0.05) is 81.1 Å². The van der Waals surface area contributed by atoms with Crippen LogP contribution in [0.2, 0.25) is 0 Å². The second-order valence-electron chi connectivity index (χ2n) is 12.4. The van der Waals surface area contributed by atoms with Crippen molar-refractivity contribution in [1.82, 2.24) is 4.90 Å². The van der Waals surface area contributed by atoms with Crippen LogP contribution < -0.4 is 10.2 Å². The third kappa shape index (κ3) is 10.1. The lowest BCUT2D eigenvalue weighted by Crippen LogP contribution is -2.49. The maximum Gasteiger partial charge on any atom is 0.303 e. The Morgan fingerprint density at radius 2 is 1.58 bits per heavy atom. The van der Waals surface area contributed by atoms with Crippen molar-refractivity contribution in [2.75, 3.05) is 42.9 Å². The number of rotatable bonds is 15. The van der Waals surface area contributed by atoms with E-state index in [1.165, 1.54) is 0 Å². The molecule has 2 aliphatic heterocycles. The van der Waals surface area contributed by atoms with E-state index >= 15 is 0 Å². The van der Waals surface area contributed by atoms with Crippen molar-refractivity contribution >= 4 is 28.9 Å². The number of nitrogens with zero attached hydrogens (tertiary/aromatic N) is 3. The predicted molar refractivity (Wildman–Crippen MR) is 181 cm³/mol. The molecule has 2 fully saturated rings. The molecule has 3 aromatic carbocycles. The second-order valence-corrected chi connectivity index (χ2v) is 12.4. The Kier molecular flexibility index (Phi) is 12.5. The molecule has 2 aliphatic rings. The van der Waals surface area contributed by atoms with Crippen LogP contribution in [0.25, 0.3) is 0 Å². The molecule has 0 aliphatic carbocycles. The Balaban J connectivity index is 1.20. The topological polar surface area (TPSA) is 155 Å². The highest BCUT2D eigenvalue weighted by Crippen LogP contribution is 2.39. The highest BCUT2D eigenvalue weighted by Gasteiger charge is 2.34. The van der Waals surface area contributed by atoms with Gasteiger partial charge in [0.2, 0.25) is 5.91 Å². The number of benzene rings is 3. The van der Waals surface area contributed by atoms with E-state index in [9.17, 15) is 24.8 Å². The van der Waals surface area contributed by atoms with Gasteiger partial charge in [0.05, 0.1) is 23.7 Å². The molecule has 0 spiro atoms. The van der Waals surface area contributed by atoms with E-state index in [1.54, 1.807) is 24.3 Å². The Morgan fingerprint density at radius 1 is 0.875 bits per heavy atom. The number of aliphatic carboxylic acids is 1. The summed E-state index contributed by atoms with van der Waals surface area (Å²) < 4.78 is 13.1. The minimum absolute atomic E-state index is 0.0325. The minimum Gasteiger partial charge on any atom is -0.481 e. The minimum atomic E-state index is -0.796. The molecule has 48 heavy (non-hydrogen) atoms. The van der Waals surface area contributed by atoms with Gasteiger partial charge in [-0.15, -0.1) is 0 Å². The molecule has 2 saturated heterocycles. The van der Waals surface area contributed by atoms with Crippen LogP contribution in [0.4, 0.5) is 17.1 Å². The first-order valence-electron chi connectivity index (χ1n) is 16.6. The van der Waals surface area contributed by atoms with E-state index in [1.807, 2.05) is 48.5 Å². The number of unbranched alkanes of at least 4 members (excludes halogenated alkanes) is 3. The first-order valence-corrected chi connectivity index (χ1v) is 16.6. The van der Waals surface area contributed by atoms with Crippen LogP contribution in [0.3, 0.4) is 0 Å². The largest absolute Gasteiger partial charge is 0.481 e. The normalized spacial score (nSPS) is 19.9. The molecule has 1 amide bonds. The predicted octanol–water partition coefficient (Wildman–Crippen LogP) is 5.82. The van der Waals surface area contributed by atoms with Crippen LogP contribution >= 0.6 is 0 Å². The van der Waals surface area contributed by atoms with Gasteiger partial charge in [0.1, 0.15) is 0 Å². The first kappa shape index (κ1) is 35.0. The zero-order chi connectivity index (χ0) is 33.9. The number of carbonyl (C=O) groups is 2. The van der Waals surface area contributed by atoms with Gasteiger partial charge in [-0.2, -0.15) is 0 Å². The number of non-ortho nitro benzene ring substituents is 1. The van der Waals surface area contributed by atoms with Crippen LogP contribution in [-0.4, -0.2) is 70.7 Å². The van der Waals surface area contributed by atoms with E-state index in [0.717, 1.165) is 61.4 Å². The zero-order valence-corrected chi connectivity index (χ0v) is 27.0. The summed E-state index contributed by atoms with van der Waals surface area (Å²) in [4.78, 5) is 38.6. The number of carboxylic acids is 1. The van der Waals surface area contributed by atoms with Gasteiger partial charge in [0.15, 0.2) is 6.29 Å². The number of carboxylic acid groups (broad SMARTS) is 1. The summed E-state index contributed by atoms with van der Waals surface area (Å²) in [5.41, 5.74) is 4.33. The maximum absolute atomic E-state index is 12.6. The number of piperazine rings is 1. The van der Waals surface area contributed by atoms with Crippen molar-refractivity contribution in [1.29, 1.82) is 0 Å². The molecule has 0 unspecified atom stereocenters. The molecule has 2 heterocycles. The van der Waals surface area contributed by atoms with Crippen LogP contribution in [0.1, 0.15) is 74.0 Å². The number of nitro groups is 1. The third-order valence-corrected chi connectivity index (χ3v) is 8.86. The summed E-state index contributed by atoms with van der Waals surface area (Å²) in [5.74, 6) is -0.890. The second kappa shape index (κ2) is 17.2. The van der Waals surface area contributed by atoms with Crippen molar-refractivity contribution < 1.29 is 34.2 Å². The molecular formula is C36H44N4O8. The van der Waals surface area contributed by atoms with Crippen molar-refractivity contribution in [3.8, 4) is 0 Å². The molecule has 3 N–H and O–H groups in total. The zero-order valence-electron chi connectivity index (χ0n) is 27.0. The molecule has 0 aromatic heterocycles. The summed E-state index contributed by atoms with van der Waals surface area (Å²) in [5, 5.41) is 32.3. The van der Waals surface area contributed by atoms with Gasteiger partial charge < -0.3 is 29.9 Å². The number of ether oxygens (including phenoxy) is 2. The molecule has 256 valence electrons. The fourth-order valence-corrected chi connectivity index (χ4v) is 6.20. The average molecular weight is 661 g/mol. The lowest BCUT2D eigenvalue weighted by atomic mass is 9.99. The van der Waals surface area contributed by atoms with Gasteiger partial charge in [-0.1, -0.05) is 49.2 Å². The first-order chi connectivity index (χ1) is 23.3. The Bertz CT molecular complexity index is 1510. The average Bonchev–Trinajstić information content (AvgIpc) is 3.10. The standard InChI is InChI=1S/C36H44N4O8/c41-25-26-10-12-27(13-11-26)33-23-32(24-38-18-20-39(21-19-38)30-14-16-31(17-15-30)40(45)46)47-36(48-33)28-6-5-7-29(22-28)37-34(42)8-3-1-2-4-9-35(43)44/h5-7,10-17,22,32-33,36,41H,1-4,8-9,18-21,23-25H2,(H,37,42)(H,43,44)/t32-,33+,36+/m1/s1. The fourth-order valence-electron chi connectivity index (χ4n) is 6.20. The highest BCUT2D eigenvalue weighted by atomic mass is 16.7. The molecule has 3 atom stereocenters. The Labute approximate surface area is 280 Å². The van der Waals surface area contributed by atoms with Crippen LogP contribution in [0, 0.1) is 10.1 Å². The molecule has 3 aromatic rings. The molecule has 0 saturated carbocycles. The summed E-state index contributed by atoms with van der Waals surface area (Å²) in [6.07, 6.45) is 3.05. The monoisotopic (exact) mass is 660 g/mol. The van der Waals surface area contributed by atoms with Crippen molar-refractivity contribution in [3.63, 3.8) is 0 Å². The van der Waals surface area contributed by atoms with Crippen molar-refractivity contribution in [3.05, 3.63) is 99.6 Å². The van der Waals surface area contributed by atoms with Crippen LogP contribution in [0.15, 0.2) is 72.8 Å². The number of nitrogens with one attached hydrogen (secondary N) is 1. The van der Waals surface area contributed by atoms with E-state index < -0.39 is 12.3 Å². The quantitative estimate of drug-likeness (QED) is 0.103. The van der Waals surface area contributed by atoms with Crippen LogP contribution in [-0.2, 0) is 25.7 Å². The molecule has 0 bridgehead atoms. The van der Waals surface area contributed by atoms with Crippen molar-refractivity contribution in [2.24, 2.45) is 0 Å². The Morgan fingerprint density at radius 3 is 2.25 bits per heavy atom. The highest BCUT2D eigenvalue weighted by molar-refractivity contribution is 5.90. The Hall–Kier alpha value is -4.36. The lowest BCUT2D eigenvalue weighted by Gasteiger charge is -2.41. The van der Waals surface area contributed by atoms with Gasteiger partial charge >= 0.3 is 5.97 Å². The molecular weight excluding hydrogens is 616 g/mol. The SMILES string of the molecule is O=C(O)CCCCCCC(=O)Nc1cccc([C@H]2O[C@@H](CN3CCN(c4ccc([N+](=O)[O-])cc4)CC3)C[C@@H](c3ccc(CO)cc3)O2)c1. The van der Waals surface area contributed by atoms with Gasteiger partial charge in [-0.25, -0.2) is 0 Å². The number of hydrogen-bond donors (Lipinski definition) is 3. The molecule has 12 nitrogen and oxygen atoms in total. The lowest BCUT2D eigenvalue weighted by molar-refractivity contribution is -0.384. The summed E-state index contributed by atoms with van der Waals surface area (Å²) in [6.45, 7) is 3.90. The number of amides is 1.